The molecule has 1 aromatic carbocycles. The second-order valence-corrected chi connectivity index (χ2v) is 3.82. The first-order valence-electron chi connectivity index (χ1n) is 5.13. The minimum atomic E-state index is -0.609. The molecule has 2 rings (SSSR count). The Balaban J connectivity index is 2.08. The second-order valence-electron chi connectivity index (χ2n) is 3.82. The number of hydrogen-bond acceptors (Lipinski definition) is 3. The lowest BCUT2D eigenvalue weighted by atomic mass is 10.00. The number of rotatable bonds is 2. The lowest BCUT2D eigenvalue weighted by Crippen LogP contribution is -2.39. The van der Waals surface area contributed by atoms with Crippen molar-refractivity contribution in [3.63, 3.8) is 0 Å². The Morgan fingerprint density at radius 2 is 2.06 bits per heavy atom. The molecule has 0 N–H and O–H groups in total. The van der Waals surface area contributed by atoms with Gasteiger partial charge in [0.1, 0.15) is 0 Å². The molecule has 1 amide bonds. The molecule has 1 aromatic rings. The normalized spacial score (nSPS) is 14.4. The van der Waals surface area contributed by atoms with Crippen molar-refractivity contribution in [1.29, 1.82) is 0 Å². The molecule has 0 unspecified atom stereocenters. The van der Waals surface area contributed by atoms with E-state index in [4.69, 9.17) is 0 Å². The van der Waals surface area contributed by atoms with Crippen molar-refractivity contribution in [2.75, 3.05) is 13.1 Å². The van der Waals surface area contributed by atoms with Crippen LogP contribution < -0.4 is 0 Å². The summed E-state index contributed by atoms with van der Waals surface area (Å²) in [4.78, 5) is 22.7. The molecule has 1 aliphatic rings. The van der Waals surface area contributed by atoms with Gasteiger partial charge in [-0.05, 0) is 17.5 Å². The Hall–Kier alpha value is -1.91. The van der Waals surface area contributed by atoms with Gasteiger partial charge in [0.15, 0.2) is 0 Å². The van der Waals surface area contributed by atoms with Crippen LogP contribution in [0.25, 0.3) is 0 Å². The Morgan fingerprint density at radius 3 is 2.75 bits per heavy atom. The number of hydrogen-bond donors (Lipinski definition) is 0. The van der Waals surface area contributed by atoms with E-state index in [2.05, 4.69) is 0 Å². The minimum Gasteiger partial charge on any atom is -0.332 e. The Morgan fingerprint density at radius 1 is 1.38 bits per heavy atom. The molecule has 1 aliphatic heterocycles. The van der Waals surface area contributed by atoms with Crippen LogP contribution in [0.1, 0.15) is 11.1 Å². The lowest BCUT2D eigenvalue weighted by molar-refractivity contribution is -0.468. The van der Waals surface area contributed by atoms with Gasteiger partial charge in [-0.15, -0.1) is 0 Å². The van der Waals surface area contributed by atoms with Crippen LogP contribution in [-0.2, 0) is 17.8 Å². The van der Waals surface area contributed by atoms with E-state index in [0.29, 0.717) is 13.1 Å². The van der Waals surface area contributed by atoms with Crippen LogP contribution in [0.5, 0.6) is 0 Å². The van der Waals surface area contributed by atoms with Crippen molar-refractivity contribution in [1.82, 2.24) is 4.90 Å². The summed E-state index contributed by atoms with van der Waals surface area (Å²) in [7, 11) is 0. The molecule has 5 nitrogen and oxygen atoms in total. The highest BCUT2D eigenvalue weighted by Crippen LogP contribution is 2.18. The molecule has 84 valence electrons. The van der Waals surface area contributed by atoms with E-state index in [1.54, 1.807) is 4.90 Å². The number of amides is 1. The van der Waals surface area contributed by atoms with E-state index in [-0.39, 0.29) is 0 Å². The summed E-state index contributed by atoms with van der Waals surface area (Å²) in [6, 6.07) is 7.87. The summed E-state index contributed by atoms with van der Waals surface area (Å²) < 4.78 is 0. The van der Waals surface area contributed by atoms with Crippen LogP contribution in [0.15, 0.2) is 24.3 Å². The van der Waals surface area contributed by atoms with Crippen molar-refractivity contribution in [3.05, 3.63) is 45.5 Å². The first-order valence-corrected chi connectivity index (χ1v) is 5.13. The van der Waals surface area contributed by atoms with Crippen LogP contribution >= 0.6 is 0 Å². The molecule has 0 bridgehead atoms. The van der Waals surface area contributed by atoms with Crippen LogP contribution in [0.2, 0.25) is 0 Å². The fraction of sp³-hybridized carbons (Fsp3) is 0.364. The number of fused-ring (bicyclic) bond motifs is 1. The largest absolute Gasteiger partial charge is 0.332 e. The summed E-state index contributed by atoms with van der Waals surface area (Å²) in [5.74, 6) is -0.403. The van der Waals surface area contributed by atoms with Gasteiger partial charge in [0.05, 0.1) is 0 Å². The molecule has 0 aromatic heterocycles. The molecular formula is C11H12N2O3. The van der Waals surface area contributed by atoms with Crippen molar-refractivity contribution in [3.8, 4) is 0 Å². The topological polar surface area (TPSA) is 63.4 Å². The third-order valence-electron chi connectivity index (χ3n) is 2.75. The first kappa shape index (κ1) is 10.6. The minimum absolute atomic E-state index is 0.403. The summed E-state index contributed by atoms with van der Waals surface area (Å²) in [6.45, 7) is 0.453. The SMILES string of the molecule is O=C(C[N+](=O)[O-])N1CCc2ccccc2C1. The maximum atomic E-state index is 11.5. The van der Waals surface area contributed by atoms with Crippen molar-refractivity contribution in [2.45, 2.75) is 13.0 Å². The van der Waals surface area contributed by atoms with E-state index in [1.165, 1.54) is 5.56 Å². The quantitative estimate of drug-likeness (QED) is 0.548. The number of nitrogens with zero attached hydrogens (tertiary/aromatic N) is 2. The predicted molar refractivity (Wildman–Crippen MR) is 57.4 cm³/mol. The van der Waals surface area contributed by atoms with Gasteiger partial charge in [-0.2, -0.15) is 0 Å². The van der Waals surface area contributed by atoms with Gasteiger partial charge in [0.25, 0.3) is 12.5 Å². The highest BCUT2D eigenvalue weighted by Gasteiger charge is 2.23. The zero-order valence-corrected chi connectivity index (χ0v) is 8.76. The monoisotopic (exact) mass is 220 g/mol. The van der Waals surface area contributed by atoms with Gasteiger partial charge in [-0.3, -0.25) is 14.9 Å². The van der Waals surface area contributed by atoms with Crippen LogP contribution in [0.3, 0.4) is 0 Å². The van der Waals surface area contributed by atoms with E-state index in [9.17, 15) is 14.9 Å². The van der Waals surface area contributed by atoms with Crippen molar-refractivity contribution in [2.24, 2.45) is 0 Å². The predicted octanol–water partition coefficient (Wildman–Crippen LogP) is 0.848. The number of benzene rings is 1. The molecule has 5 heteroatoms. The number of carbonyl (C=O) groups excluding carboxylic acids is 1. The van der Waals surface area contributed by atoms with E-state index in [0.717, 1.165) is 12.0 Å². The fourth-order valence-corrected chi connectivity index (χ4v) is 1.92. The van der Waals surface area contributed by atoms with E-state index < -0.39 is 17.4 Å². The van der Waals surface area contributed by atoms with Crippen molar-refractivity contribution >= 4 is 5.91 Å². The molecule has 0 fully saturated rings. The van der Waals surface area contributed by atoms with Gasteiger partial charge in [-0.25, -0.2) is 0 Å². The third-order valence-corrected chi connectivity index (χ3v) is 2.75. The van der Waals surface area contributed by atoms with Crippen molar-refractivity contribution < 1.29 is 9.72 Å². The smallest absolute Gasteiger partial charge is 0.294 e. The standard InChI is InChI=1S/C11H12N2O3/c14-11(8-13(15)16)12-6-5-9-3-1-2-4-10(9)7-12/h1-4H,5-8H2. The zero-order valence-electron chi connectivity index (χ0n) is 8.76. The van der Waals surface area contributed by atoms with Gasteiger partial charge in [-0.1, -0.05) is 24.3 Å². The molecule has 0 saturated carbocycles. The molecule has 0 aliphatic carbocycles. The Bertz CT molecular complexity index is 431. The molecule has 1 heterocycles. The lowest BCUT2D eigenvalue weighted by Gasteiger charge is -2.27. The van der Waals surface area contributed by atoms with E-state index >= 15 is 0 Å². The van der Waals surface area contributed by atoms with Gasteiger partial charge in [0, 0.05) is 18.0 Å². The Kier molecular flexibility index (Phi) is 2.85. The van der Waals surface area contributed by atoms with Gasteiger partial charge >= 0.3 is 0 Å². The fourth-order valence-electron chi connectivity index (χ4n) is 1.92. The average molecular weight is 220 g/mol. The van der Waals surface area contributed by atoms with Crippen LogP contribution in [0, 0.1) is 10.1 Å². The number of carbonyl (C=O) groups is 1. The summed E-state index contributed by atoms with van der Waals surface area (Å²) in [5.41, 5.74) is 2.32. The molecule has 0 spiro atoms. The summed E-state index contributed by atoms with van der Waals surface area (Å²) in [5, 5.41) is 10.3. The summed E-state index contributed by atoms with van der Waals surface area (Å²) in [6.07, 6.45) is 0.777. The maximum Gasteiger partial charge on any atom is 0.294 e. The van der Waals surface area contributed by atoms with E-state index in [1.807, 2.05) is 24.3 Å². The maximum absolute atomic E-state index is 11.5. The molecule has 0 atom stereocenters. The van der Waals surface area contributed by atoms with Gasteiger partial charge < -0.3 is 4.90 Å². The second kappa shape index (κ2) is 4.30. The van der Waals surface area contributed by atoms with Gasteiger partial charge in [0.2, 0.25) is 0 Å². The number of nitro groups is 1. The molecule has 16 heavy (non-hydrogen) atoms. The molecular weight excluding hydrogens is 208 g/mol. The highest BCUT2D eigenvalue weighted by atomic mass is 16.6. The highest BCUT2D eigenvalue weighted by molar-refractivity contribution is 5.77. The molecule has 0 saturated heterocycles. The van der Waals surface area contributed by atoms with Crippen LogP contribution in [0.4, 0.5) is 0 Å². The average Bonchev–Trinajstić information content (AvgIpc) is 2.27. The third kappa shape index (κ3) is 2.18. The molecule has 0 radical (unpaired) electrons. The first-order chi connectivity index (χ1) is 7.66. The van der Waals surface area contributed by atoms with Crippen LogP contribution in [-0.4, -0.2) is 28.8 Å². The zero-order chi connectivity index (χ0) is 11.5. The Labute approximate surface area is 92.8 Å². The summed E-state index contributed by atoms with van der Waals surface area (Å²) >= 11 is 0.